The van der Waals surface area contributed by atoms with Crippen molar-refractivity contribution in [2.24, 2.45) is 0 Å². The molecule has 0 amide bonds. The minimum Gasteiger partial charge on any atom is -0.198 e. The first-order valence-corrected chi connectivity index (χ1v) is 5.04. The zero-order valence-corrected chi connectivity index (χ0v) is 8.89. The molecule has 0 aromatic heterocycles. The molecule has 0 fully saturated rings. The third-order valence-corrected chi connectivity index (χ3v) is 2.42. The van der Waals surface area contributed by atoms with Gasteiger partial charge in [0.1, 0.15) is 0 Å². The molecule has 5 heteroatoms. The van der Waals surface area contributed by atoms with Crippen molar-refractivity contribution in [2.75, 3.05) is 0 Å². The van der Waals surface area contributed by atoms with Gasteiger partial charge < -0.3 is 0 Å². The van der Waals surface area contributed by atoms with Crippen LogP contribution in [0.1, 0.15) is 0 Å². The zero-order valence-electron chi connectivity index (χ0n) is 5.73. The highest BCUT2D eigenvalue weighted by molar-refractivity contribution is 9.10. The van der Waals surface area contributed by atoms with E-state index < -0.39 is 5.76 Å². The first-order valence-electron chi connectivity index (χ1n) is 2.99. The van der Waals surface area contributed by atoms with Crippen molar-refractivity contribution in [3.8, 4) is 0 Å². The minimum atomic E-state index is -2.41. The minimum absolute atomic E-state index is 0.451. The van der Waals surface area contributed by atoms with Crippen molar-refractivity contribution in [1.29, 1.82) is 0 Å². The number of rotatable bonds is 2. The third-order valence-electron chi connectivity index (χ3n) is 1.06. The highest BCUT2D eigenvalue weighted by atomic mass is 79.9. The summed E-state index contributed by atoms with van der Waals surface area (Å²) in [7, 11) is 0. The monoisotopic (exact) mass is 272 g/mol. The second-order valence-electron chi connectivity index (χ2n) is 1.98. The van der Waals surface area contributed by atoms with E-state index >= 15 is 0 Å². The summed E-state index contributed by atoms with van der Waals surface area (Å²) in [5.74, 6) is -2.41. The van der Waals surface area contributed by atoms with E-state index in [0.29, 0.717) is 26.2 Å². The summed E-state index contributed by atoms with van der Waals surface area (Å²) in [5, 5.41) is 0.451. The molecule has 0 unspecified atom stereocenters. The summed E-state index contributed by atoms with van der Waals surface area (Å²) >= 11 is 9.28. The molecule has 0 saturated carbocycles. The summed E-state index contributed by atoms with van der Waals surface area (Å²) < 4.78 is 24.5. The maximum absolute atomic E-state index is 11.9. The molecule has 1 aromatic rings. The maximum Gasteiger partial charge on any atom is 0.288 e. The fraction of sp³-hybridized carbons (Fsp3) is 0.143. The Morgan fingerprint density at radius 1 is 1.33 bits per heavy atom. The van der Waals surface area contributed by atoms with Gasteiger partial charge in [0.25, 0.3) is 5.76 Å². The summed E-state index contributed by atoms with van der Waals surface area (Å²) in [6, 6.07) is 4.75. The van der Waals surface area contributed by atoms with Gasteiger partial charge >= 0.3 is 0 Å². The van der Waals surface area contributed by atoms with E-state index in [1.165, 1.54) is 6.07 Å². The Labute approximate surface area is 86.4 Å². The van der Waals surface area contributed by atoms with E-state index in [1.807, 2.05) is 0 Å². The van der Waals surface area contributed by atoms with Crippen LogP contribution in [0.2, 0.25) is 5.02 Å². The van der Waals surface area contributed by atoms with Gasteiger partial charge in [-0.2, -0.15) is 8.78 Å². The summed E-state index contributed by atoms with van der Waals surface area (Å²) in [4.78, 5) is 0.462. The molecule has 0 spiro atoms. The fourth-order valence-corrected chi connectivity index (χ4v) is 2.37. The summed E-state index contributed by atoms with van der Waals surface area (Å²) in [6.45, 7) is 0. The molecule has 0 nitrogen and oxygen atoms in total. The van der Waals surface area contributed by atoms with E-state index in [2.05, 4.69) is 15.9 Å². The van der Waals surface area contributed by atoms with Gasteiger partial charge in [0, 0.05) is 14.4 Å². The van der Waals surface area contributed by atoms with Gasteiger partial charge in [0.05, 0.1) is 0 Å². The number of benzene rings is 1. The maximum atomic E-state index is 11.9. The Kier molecular flexibility index (Phi) is 3.80. The van der Waals surface area contributed by atoms with E-state index in [4.69, 9.17) is 11.6 Å². The van der Waals surface area contributed by atoms with Crippen molar-refractivity contribution < 1.29 is 8.78 Å². The molecule has 1 rings (SSSR count). The van der Waals surface area contributed by atoms with Crippen LogP contribution >= 0.6 is 39.3 Å². The molecule has 12 heavy (non-hydrogen) atoms. The molecule has 0 aliphatic rings. The van der Waals surface area contributed by atoms with Crippen LogP contribution in [0.4, 0.5) is 8.78 Å². The predicted octanol–water partition coefficient (Wildman–Crippen LogP) is 4.42. The lowest BCUT2D eigenvalue weighted by Crippen LogP contribution is -1.81. The Morgan fingerprint density at radius 3 is 2.50 bits per heavy atom. The molecule has 0 atom stereocenters. The van der Waals surface area contributed by atoms with Gasteiger partial charge in [-0.1, -0.05) is 39.3 Å². The number of hydrogen-bond acceptors (Lipinski definition) is 1. The predicted molar refractivity (Wildman–Crippen MR) is 51.0 cm³/mol. The lowest BCUT2D eigenvalue weighted by Gasteiger charge is -2.01. The lowest BCUT2D eigenvalue weighted by molar-refractivity contribution is 0.252. The highest BCUT2D eigenvalue weighted by Crippen LogP contribution is 2.30. The SMILES string of the molecule is FC(F)Sc1cc(Cl)cc(Br)c1. The molecular weight excluding hydrogens is 269 g/mol. The highest BCUT2D eigenvalue weighted by Gasteiger charge is 2.06. The van der Waals surface area contributed by atoms with Gasteiger partial charge in [0.2, 0.25) is 0 Å². The van der Waals surface area contributed by atoms with Crippen LogP contribution < -0.4 is 0 Å². The average molecular weight is 274 g/mol. The Bertz CT molecular complexity index is 260. The van der Waals surface area contributed by atoms with Crippen molar-refractivity contribution in [2.45, 2.75) is 10.7 Å². The van der Waals surface area contributed by atoms with Crippen LogP contribution in [0.15, 0.2) is 27.6 Å². The topological polar surface area (TPSA) is 0 Å². The lowest BCUT2D eigenvalue weighted by atomic mass is 10.4. The van der Waals surface area contributed by atoms with Crippen LogP contribution in [-0.4, -0.2) is 5.76 Å². The van der Waals surface area contributed by atoms with Gasteiger partial charge in [-0.05, 0) is 18.2 Å². The zero-order chi connectivity index (χ0) is 9.14. The number of halogens is 4. The van der Waals surface area contributed by atoms with Crippen LogP contribution in [-0.2, 0) is 0 Å². The van der Waals surface area contributed by atoms with E-state index in [-0.39, 0.29) is 0 Å². The average Bonchev–Trinajstić information content (AvgIpc) is 1.81. The summed E-state index contributed by atoms with van der Waals surface area (Å²) in [6.07, 6.45) is 0. The fourth-order valence-electron chi connectivity index (χ4n) is 0.699. The quantitative estimate of drug-likeness (QED) is 0.719. The molecule has 0 bridgehead atoms. The van der Waals surface area contributed by atoms with Crippen LogP contribution in [0.25, 0.3) is 0 Å². The Balaban J connectivity index is 2.85. The van der Waals surface area contributed by atoms with Crippen LogP contribution in [0.5, 0.6) is 0 Å². The molecule has 0 heterocycles. The van der Waals surface area contributed by atoms with Crippen LogP contribution in [0.3, 0.4) is 0 Å². The molecule has 0 radical (unpaired) electrons. The van der Waals surface area contributed by atoms with Gasteiger partial charge in [-0.25, -0.2) is 0 Å². The normalized spacial score (nSPS) is 10.8. The molecule has 0 aliphatic carbocycles. The van der Waals surface area contributed by atoms with Crippen molar-refractivity contribution in [3.05, 3.63) is 27.7 Å². The number of alkyl halides is 2. The van der Waals surface area contributed by atoms with Gasteiger partial charge in [0.15, 0.2) is 0 Å². The van der Waals surface area contributed by atoms with Crippen LogP contribution in [0, 0.1) is 0 Å². The van der Waals surface area contributed by atoms with E-state index in [0.717, 1.165) is 0 Å². The summed E-state index contributed by atoms with van der Waals surface area (Å²) in [5.41, 5.74) is 0. The van der Waals surface area contributed by atoms with Crippen molar-refractivity contribution in [3.63, 3.8) is 0 Å². The molecule has 1 aromatic carbocycles. The van der Waals surface area contributed by atoms with Crippen molar-refractivity contribution >= 4 is 39.3 Å². The molecule has 0 aliphatic heterocycles. The Hall–Kier alpha value is 0.200. The third kappa shape index (κ3) is 3.29. The number of hydrogen-bond donors (Lipinski definition) is 0. The van der Waals surface area contributed by atoms with Crippen molar-refractivity contribution in [1.82, 2.24) is 0 Å². The standard InChI is InChI=1S/C7H4BrClF2S/c8-4-1-5(9)3-6(2-4)12-7(10)11/h1-3,7H. The Morgan fingerprint density at radius 2 is 2.00 bits per heavy atom. The second-order valence-corrected chi connectivity index (χ2v) is 4.40. The smallest absolute Gasteiger partial charge is 0.198 e. The first kappa shape index (κ1) is 10.3. The first-order chi connectivity index (χ1) is 5.58. The van der Waals surface area contributed by atoms with E-state index in [1.54, 1.807) is 12.1 Å². The largest absolute Gasteiger partial charge is 0.288 e. The molecule has 0 saturated heterocycles. The van der Waals surface area contributed by atoms with E-state index in [9.17, 15) is 8.78 Å². The number of thioether (sulfide) groups is 1. The molecule has 66 valence electrons. The van der Waals surface area contributed by atoms with Gasteiger partial charge in [-0.3, -0.25) is 0 Å². The molecule has 0 N–H and O–H groups in total. The second kappa shape index (κ2) is 4.44. The van der Waals surface area contributed by atoms with Gasteiger partial charge in [-0.15, -0.1) is 0 Å². The molecular formula is C7H4BrClF2S.